The van der Waals surface area contributed by atoms with E-state index in [2.05, 4.69) is 12.2 Å². The summed E-state index contributed by atoms with van der Waals surface area (Å²) in [5.41, 5.74) is 2.75. The van der Waals surface area contributed by atoms with Crippen LogP contribution in [-0.2, 0) is 28.8 Å². The van der Waals surface area contributed by atoms with Crippen molar-refractivity contribution in [3.63, 3.8) is 0 Å². The van der Waals surface area contributed by atoms with Crippen LogP contribution >= 0.6 is 11.3 Å². The molecule has 3 rings (SSSR count). The minimum absolute atomic E-state index is 0.0688. The molecule has 1 aliphatic carbocycles. The third-order valence-electron chi connectivity index (χ3n) is 4.64. The number of rotatable bonds is 5. The van der Waals surface area contributed by atoms with Crippen LogP contribution in [0.1, 0.15) is 46.1 Å². The van der Waals surface area contributed by atoms with Gasteiger partial charge in [-0.25, -0.2) is 4.79 Å². The van der Waals surface area contributed by atoms with Gasteiger partial charge >= 0.3 is 5.97 Å². The third-order valence-corrected chi connectivity index (χ3v) is 5.81. The monoisotopic (exact) mass is 357 g/mol. The number of carbonyl (C=O) groups is 2. The zero-order valence-corrected chi connectivity index (χ0v) is 15.4. The molecule has 0 fully saturated rings. The van der Waals surface area contributed by atoms with Crippen molar-refractivity contribution in [2.75, 3.05) is 12.4 Å². The van der Waals surface area contributed by atoms with Crippen molar-refractivity contribution < 1.29 is 14.3 Å². The van der Waals surface area contributed by atoms with Crippen molar-refractivity contribution >= 4 is 28.2 Å². The number of fused-ring (bicyclic) bond motifs is 1. The number of benzene rings is 1. The van der Waals surface area contributed by atoms with Crippen LogP contribution in [0.3, 0.4) is 0 Å². The summed E-state index contributed by atoms with van der Waals surface area (Å²) in [4.78, 5) is 25.8. The van der Waals surface area contributed by atoms with Gasteiger partial charge in [0.1, 0.15) is 5.00 Å². The second-order valence-electron chi connectivity index (χ2n) is 6.58. The molecule has 0 radical (unpaired) electrons. The van der Waals surface area contributed by atoms with E-state index in [-0.39, 0.29) is 11.9 Å². The van der Waals surface area contributed by atoms with Gasteiger partial charge in [-0.15, -0.1) is 11.3 Å². The Morgan fingerprint density at radius 2 is 2.04 bits per heavy atom. The predicted octanol–water partition coefficient (Wildman–Crippen LogP) is 4.23. The predicted molar refractivity (Wildman–Crippen MR) is 100 cm³/mol. The maximum Gasteiger partial charge on any atom is 0.341 e. The van der Waals surface area contributed by atoms with E-state index < -0.39 is 0 Å². The van der Waals surface area contributed by atoms with Crippen molar-refractivity contribution in [2.24, 2.45) is 5.92 Å². The zero-order valence-electron chi connectivity index (χ0n) is 14.6. The Bertz CT molecular complexity index is 767. The number of hydrogen-bond acceptors (Lipinski definition) is 4. The van der Waals surface area contributed by atoms with Crippen LogP contribution in [0.2, 0.25) is 0 Å². The fourth-order valence-corrected chi connectivity index (χ4v) is 4.66. The fourth-order valence-electron chi connectivity index (χ4n) is 3.25. The second kappa shape index (κ2) is 7.83. The minimum Gasteiger partial charge on any atom is -0.465 e. The topological polar surface area (TPSA) is 55.4 Å². The summed E-state index contributed by atoms with van der Waals surface area (Å²) in [5.74, 6) is 0.185. The van der Waals surface area contributed by atoms with Gasteiger partial charge in [0.25, 0.3) is 0 Å². The van der Waals surface area contributed by atoms with Gasteiger partial charge < -0.3 is 10.1 Å². The molecular formula is C20H23NO3S. The first-order valence-electron chi connectivity index (χ1n) is 8.65. The quantitative estimate of drug-likeness (QED) is 0.815. The number of methoxy groups -OCH3 is 1. The molecule has 1 N–H and O–H groups in total. The molecule has 0 saturated carbocycles. The lowest BCUT2D eigenvalue weighted by Crippen LogP contribution is -2.16. The van der Waals surface area contributed by atoms with Crippen LogP contribution in [-0.4, -0.2) is 19.0 Å². The lowest BCUT2D eigenvalue weighted by Gasteiger charge is -2.18. The van der Waals surface area contributed by atoms with Gasteiger partial charge in [-0.2, -0.15) is 0 Å². The Balaban J connectivity index is 1.75. The molecule has 1 heterocycles. The Labute approximate surface area is 152 Å². The number of anilines is 1. The average Bonchev–Trinajstić information content (AvgIpc) is 2.97. The molecule has 25 heavy (non-hydrogen) atoms. The maximum atomic E-state index is 12.4. The van der Waals surface area contributed by atoms with E-state index in [4.69, 9.17) is 4.74 Å². The number of hydrogen-bond donors (Lipinski definition) is 1. The van der Waals surface area contributed by atoms with Gasteiger partial charge in [-0.3, -0.25) is 4.79 Å². The minimum atomic E-state index is -0.356. The lowest BCUT2D eigenvalue weighted by atomic mass is 9.88. The van der Waals surface area contributed by atoms with E-state index in [1.807, 2.05) is 30.3 Å². The van der Waals surface area contributed by atoms with Crippen LogP contribution in [0.5, 0.6) is 0 Å². The van der Waals surface area contributed by atoms with Gasteiger partial charge in [0.2, 0.25) is 5.91 Å². The maximum absolute atomic E-state index is 12.4. The molecule has 0 unspecified atom stereocenters. The van der Waals surface area contributed by atoms with Gasteiger partial charge in [0.15, 0.2) is 0 Å². The van der Waals surface area contributed by atoms with Crippen molar-refractivity contribution in [3.05, 3.63) is 51.9 Å². The van der Waals surface area contributed by atoms with E-state index in [1.165, 1.54) is 23.3 Å². The molecule has 1 aromatic carbocycles. The molecule has 132 valence electrons. The summed E-state index contributed by atoms with van der Waals surface area (Å²) < 4.78 is 4.96. The van der Waals surface area contributed by atoms with Crippen LogP contribution in [0.25, 0.3) is 0 Å². The largest absolute Gasteiger partial charge is 0.465 e. The highest BCUT2D eigenvalue weighted by atomic mass is 32.1. The first-order valence-corrected chi connectivity index (χ1v) is 9.46. The summed E-state index contributed by atoms with van der Waals surface area (Å²) in [6.07, 6.45) is 3.97. The highest BCUT2D eigenvalue weighted by molar-refractivity contribution is 7.17. The van der Waals surface area contributed by atoms with Gasteiger partial charge in [0, 0.05) is 11.3 Å². The van der Waals surface area contributed by atoms with Gasteiger partial charge in [-0.05, 0) is 42.7 Å². The first kappa shape index (κ1) is 17.7. The summed E-state index contributed by atoms with van der Waals surface area (Å²) in [7, 11) is 1.39. The van der Waals surface area contributed by atoms with E-state index >= 15 is 0 Å². The Kier molecular flexibility index (Phi) is 5.53. The van der Waals surface area contributed by atoms with Crippen LogP contribution < -0.4 is 5.32 Å². The normalized spacial score (nSPS) is 16.2. The third kappa shape index (κ3) is 4.10. The molecule has 1 atom stereocenters. The molecule has 1 aromatic heterocycles. The van der Waals surface area contributed by atoms with Crippen molar-refractivity contribution in [1.29, 1.82) is 0 Å². The Hall–Kier alpha value is -2.14. The van der Waals surface area contributed by atoms with Crippen molar-refractivity contribution in [1.82, 2.24) is 0 Å². The first-order chi connectivity index (χ1) is 12.1. The fraction of sp³-hybridized carbons (Fsp3) is 0.400. The highest BCUT2D eigenvalue weighted by Crippen LogP contribution is 2.40. The molecular weight excluding hydrogens is 334 g/mol. The lowest BCUT2D eigenvalue weighted by molar-refractivity contribution is -0.116. The molecule has 0 aliphatic heterocycles. The number of nitrogens with one attached hydrogen (secondary N) is 1. The smallest absolute Gasteiger partial charge is 0.341 e. The van der Waals surface area contributed by atoms with E-state index in [1.54, 1.807) is 0 Å². The van der Waals surface area contributed by atoms with Crippen LogP contribution in [0, 0.1) is 5.92 Å². The van der Waals surface area contributed by atoms with E-state index in [0.717, 1.165) is 30.4 Å². The number of carbonyl (C=O) groups excluding carboxylic acids is 2. The van der Waals surface area contributed by atoms with Gasteiger partial charge in [-0.1, -0.05) is 37.3 Å². The van der Waals surface area contributed by atoms with E-state index in [0.29, 0.717) is 29.3 Å². The number of esters is 1. The Morgan fingerprint density at radius 3 is 2.76 bits per heavy atom. The number of amides is 1. The van der Waals surface area contributed by atoms with Gasteiger partial charge in [0.05, 0.1) is 12.7 Å². The van der Waals surface area contributed by atoms with E-state index in [9.17, 15) is 9.59 Å². The summed E-state index contributed by atoms with van der Waals surface area (Å²) in [6.45, 7) is 2.22. The number of aryl methyl sites for hydroxylation is 1. The van der Waals surface area contributed by atoms with Crippen LogP contribution in [0.15, 0.2) is 30.3 Å². The molecule has 1 aliphatic rings. The molecule has 0 saturated heterocycles. The summed E-state index contributed by atoms with van der Waals surface area (Å²) in [6, 6.07) is 9.92. The van der Waals surface area contributed by atoms with Crippen molar-refractivity contribution in [3.8, 4) is 0 Å². The highest BCUT2D eigenvalue weighted by Gasteiger charge is 2.28. The SMILES string of the molecule is COC(=O)c1c(NC(=O)CCc2ccccc2)sc2c1CC[C@H](C)C2. The Morgan fingerprint density at radius 1 is 1.28 bits per heavy atom. The summed E-state index contributed by atoms with van der Waals surface area (Å²) >= 11 is 1.53. The second-order valence-corrected chi connectivity index (χ2v) is 7.69. The standard InChI is InChI=1S/C20H23NO3S/c1-13-8-10-15-16(12-13)25-19(18(15)20(23)24-2)21-17(22)11-9-14-6-4-3-5-7-14/h3-7,13H,8-12H2,1-2H3,(H,21,22)/t13-/m0/s1. The van der Waals surface area contributed by atoms with Crippen molar-refractivity contribution in [2.45, 2.75) is 39.0 Å². The molecule has 0 spiro atoms. The number of thiophene rings is 1. The molecule has 5 heteroatoms. The number of ether oxygens (including phenoxy) is 1. The molecule has 4 nitrogen and oxygen atoms in total. The van der Waals surface area contributed by atoms with Crippen LogP contribution in [0.4, 0.5) is 5.00 Å². The molecule has 2 aromatic rings. The zero-order chi connectivity index (χ0) is 17.8. The average molecular weight is 357 g/mol. The summed E-state index contributed by atoms with van der Waals surface area (Å²) in [5, 5.41) is 3.59. The molecule has 0 bridgehead atoms. The molecule has 1 amide bonds.